The summed E-state index contributed by atoms with van der Waals surface area (Å²) in [4.78, 5) is 3.33. The summed E-state index contributed by atoms with van der Waals surface area (Å²) in [6.45, 7) is 4.18. The summed E-state index contributed by atoms with van der Waals surface area (Å²) in [7, 11) is -3.78. The van der Waals surface area contributed by atoms with E-state index in [2.05, 4.69) is 19.9 Å². The summed E-state index contributed by atoms with van der Waals surface area (Å²) in [5.41, 5.74) is 2.92. The second kappa shape index (κ2) is 9.36. The van der Waals surface area contributed by atoms with Crippen molar-refractivity contribution in [2.75, 3.05) is 0 Å². The highest BCUT2D eigenvalue weighted by molar-refractivity contribution is 7.89. The number of fused-ring (bicyclic) bond motifs is 1. The van der Waals surface area contributed by atoms with Crippen molar-refractivity contribution in [3.8, 4) is 22.9 Å². The minimum atomic E-state index is -3.78. The quantitative estimate of drug-likeness (QED) is 0.310. The smallest absolute Gasteiger partial charge is 0.322 e. The van der Waals surface area contributed by atoms with E-state index in [9.17, 15) is 8.42 Å². The number of aromatic nitrogens is 4. The van der Waals surface area contributed by atoms with E-state index in [1.807, 2.05) is 67.7 Å². The van der Waals surface area contributed by atoms with Crippen LogP contribution in [0.25, 0.3) is 22.0 Å². The molecule has 0 fully saturated rings. The van der Waals surface area contributed by atoms with Crippen LogP contribution in [-0.4, -0.2) is 28.2 Å². The Balaban J connectivity index is 1.34. The number of hydrogen-bond donors (Lipinski definition) is 2. The number of nitrogens with one attached hydrogen (secondary N) is 2. The van der Waals surface area contributed by atoms with Crippen LogP contribution < -0.4 is 9.46 Å². The van der Waals surface area contributed by atoms with Gasteiger partial charge in [0.15, 0.2) is 5.82 Å². The Kier molecular flexibility index (Phi) is 6.10. The Morgan fingerprint density at radius 1 is 0.971 bits per heavy atom. The number of benzene rings is 3. The summed E-state index contributed by atoms with van der Waals surface area (Å²) < 4.78 is 36.5. The van der Waals surface area contributed by atoms with Crippen LogP contribution in [0.2, 0.25) is 0 Å². The van der Waals surface area contributed by atoms with Gasteiger partial charge in [-0.3, -0.25) is 4.57 Å². The molecule has 0 spiro atoms. The van der Waals surface area contributed by atoms with Gasteiger partial charge in [0.2, 0.25) is 10.0 Å². The number of ether oxygens (including phenoxy) is 1. The number of sulfonamides is 1. The van der Waals surface area contributed by atoms with E-state index in [4.69, 9.17) is 4.74 Å². The molecular formula is C26H25N5O3S. The van der Waals surface area contributed by atoms with Crippen LogP contribution in [0.4, 0.5) is 0 Å². The van der Waals surface area contributed by atoms with Crippen molar-refractivity contribution >= 4 is 20.9 Å². The molecule has 3 aromatic carbocycles. The second-order valence-corrected chi connectivity index (χ2v) is 9.86. The average Bonchev–Trinajstić information content (AvgIpc) is 3.51. The molecule has 0 unspecified atom stereocenters. The molecule has 1 atom stereocenters. The third kappa shape index (κ3) is 4.68. The van der Waals surface area contributed by atoms with Crippen molar-refractivity contribution in [3.63, 3.8) is 0 Å². The van der Waals surface area contributed by atoms with Crippen LogP contribution in [0.15, 0.2) is 90.0 Å². The van der Waals surface area contributed by atoms with Gasteiger partial charge in [-0.2, -0.15) is 0 Å². The van der Waals surface area contributed by atoms with Gasteiger partial charge in [-0.1, -0.05) is 47.6 Å². The number of hydrogen-bond acceptors (Lipinski definition) is 5. The Morgan fingerprint density at radius 2 is 1.71 bits per heavy atom. The molecule has 0 radical (unpaired) electrons. The molecule has 0 aliphatic carbocycles. The molecule has 2 heterocycles. The third-order valence-corrected chi connectivity index (χ3v) is 7.34. The van der Waals surface area contributed by atoms with Gasteiger partial charge in [0.05, 0.1) is 10.9 Å². The second-order valence-electron chi connectivity index (χ2n) is 8.15. The average molecular weight is 488 g/mol. The fraction of sp³-hybridized carbons (Fsp3) is 0.154. The standard InChI is InChI=1S/C26H25N5O3S/c1-3-31-25(28-29-26(31)34-22-12-9-21-15-16-27-24(21)17-22)18(2)30-35(32,33)23-13-10-20(11-14-23)19-7-5-4-6-8-19/h4-18,27,30H,3H2,1-2H3/t18-/m1/s1. The molecule has 5 aromatic rings. The topological polar surface area (TPSA) is 102 Å². The SMILES string of the molecule is CCn1c(Oc2ccc3cc[nH]c3c2)nnc1[C@@H](C)NS(=O)(=O)c1ccc(-c2ccccc2)cc1. The molecule has 178 valence electrons. The molecular weight excluding hydrogens is 462 g/mol. The van der Waals surface area contributed by atoms with Gasteiger partial charge in [0, 0.05) is 24.3 Å². The third-order valence-electron chi connectivity index (χ3n) is 5.79. The van der Waals surface area contributed by atoms with E-state index in [0.717, 1.165) is 22.0 Å². The lowest BCUT2D eigenvalue weighted by Gasteiger charge is -2.15. The van der Waals surface area contributed by atoms with Crippen LogP contribution >= 0.6 is 0 Å². The maximum absolute atomic E-state index is 13.1. The lowest BCUT2D eigenvalue weighted by molar-refractivity contribution is 0.408. The van der Waals surface area contributed by atoms with Crippen LogP contribution in [0, 0.1) is 0 Å². The summed E-state index contributed by atoms with van der Waals surface area (Å²) in [6.07, 6.45) is 1.87. The van der Waals surface area contributed by atoms with Crippen LogP contribution in [-0.2, 0) is 16.6 Å². The Bertz CT molecular complexity index is 1560. The molecule has 0 saturated heterocycles. The van der Waals surface area contributed by atoms with E-state index >= 15 is 0 Å². The van der Waals surface area contributed by atoms with Crippen LogP contribution in [0.5, 0.6) is 11.8 Å². The number of rotatable bonds is 8. The summed E-state index contributed by atoms with van der Waals surface area (Å²) in [5.74, 6) is 1.08. The predicted octanol–water partition coefficient (Wildman–Crippen LogP) is 5.28. The lowest BCUT2D eigenvalue weighted by atomic mass is 10.1. The lowest BCUT2D eigenvalue weighted by Crippen LogP contribution is -2.29. The largest absolute Gasteiger partial charge is 0.424 e. The molecule has 2 aromatic heterocycles. The highest BCUT2D eigenvalue weighted by atomic mass is 32.2. The molecule has 5 rings (SSSR count). The summed E-state index contributed by atoms with van der Waals surface area (Å²) in [6, 6.07) is 24.0. The van der Waals surface area contributed by atoms with Gasteiger partial charge in [0.25, 0.3) is 0 Å². The van der Waals surface area contributed by atoms with E-state index < -0.39 is 16.1 Å². The molecule has 0 saturated carbocycles. The van der Waals surface area contributed by atoms with E-state index in [-0.39, 0.29) is 4.90 Å². The van der Waals surface area contributed by atoms with Crippen molar-refractivity contribution in [1.29, 1.82) is 0 Å². The predicted molar refractivity (Wildman–Crippen MR) is 135 cm³/mol. The van der Waals surface area contributed by atoms with Crippen molar-refractivity contribution in [1.82, 2.24) is 24.5 Å². The zero-order valence-electron chi connectivity index (χ0n) is 19.3. The van der Waals surface area contributed by atoms with Crippen LogP contribution in [0.3, 0.4) is 0 Å². The highest BCUT2D eigenvalue weighted by Gasteiger charge is 2.24. The van der Waals surface area contributed by atoms with Gasteiger partial charge in [-0.15, -0.1) is 5.10 Å². The van der Waals surface area contributed by atoms with Gasteiger partial charge in [0.1, 0.15) is 5.75 Å². The molecule has 9 heteroatoms. The van der Waals surface area contributed by atoms with Gasteiger partial charge >= 0.3 is 6.01 Å². The van der Waals surface area contributed by atoms with E-state index in [1.54, 1.807) is 35.8 Å². The van der Waals surface area contributed by atoms with Crippen molar-refractivity contribution in [3.05, 3.63) is 90.9 Å². The molecule has 0 aliphatic rings. The first-order valence-electron chi connectivity index (χ1n) is 11.3. The van der Waals surface area contributed by atoms with Crippen molar-refractivity contribution in [2.45, 2.75) is 31.3 Å². The normalized spacial score (nSPS) is 12.6. The fourth-order valence-electron chi connectivity index (χ4n) is 4.00. The highest BCUT2D eigenvalue weighted by Crippen LogP contribution is 2.27. The fourth-order valence-corrected chi connectivity index (χ4v) is 5.20. The molecule has 2 N–H and O–H groups in total. The van der Waals surface area contributed by atoms with Gasteiger partial charge in [-0.05, 0) is 60.7 Å². The molecule has 0 bridgehead atoms. The first-order chi connectivity index (χ1) is 16.9. The molecule has 0 amide bonds. The van der Waals surface area contributed by atoms with E-state index in [0.29, 0.717) is 24.1 Å². The number of H-pyrrole nitrogens is 1. The van der Waals surface area contributed by atoms with Gasteiger partial charge in [-0.25, -0.2) is 13.1 Å². The molecule has 0 aliphatic heterocycles. The van der Waals surface area contributed by atoms with Gasteiger partial charge < -0.3 is 9.72 Å². The van der Waals surface area contributed by atoms with Crippen molar-refractivity contribution in [2.24, 2.45) is 0 Å². The van der Waals surface area contributed by atoms with Crippen LogP contribution in [0.1, 0.15) is 25.7 Å². The molecule has 8 nitrogen and oxygen atoms in total. The maximum Gasteiger partial charge on any atom is 0.322 e. The van der Waals surface area contributed by atoms with Crippen molar-refractivity contribution < 1.29 is 13.2 Å². The Morgan fingerprint density at radius 3 is 2.46 bits per heavy atom. The van der Waals surface area contributed by atoms with E-state index in [1.165, 1.54) is 0 Å². The summed E-state index contributed by atoms with van der Waals surface area (Å²) in [5, 5.41) is 9.46. The number of aromatic amines is 1. The first kappa shape index (κ1) is 22.8. The Labute approximate surface area is 203 Å². The maximum atomic E-state index is 13.1. The summed E-state index contributed by atoms with van der Waals surface area (Å²) >= 11 is 0. The minimum absolute atomic E-state index is 0.183. The number of nitrogens with zero attached hydrogens (tertiary/aromatic N) is 3. The Hall–Kier alpha value is -3.95. The first-order valence-corrected chi connectivity index (χ1v) is 12.8. The zero-order valence-corrected chi connectivity index (χ0v) is 20.2. The zero-order chi connectivity index (χ0) is 24.4. The minimum Gasteiger partial charge on any atom is -0.424 e. The monoisotopic (exact) mass is 487 g/mol. The molecule has 35 heavy (non-hydrogen) atoms.